The van der Waals surface area contributed by atoms with Crippen molar-refractivity contribution in [2.75, 3.05) is 19.7 Å². The van der Waals surface area contributed by atoms with Gasteiger partial charge in [-0.05, 0) is 28.7 Å². The van der Waals surface area contributed by atoms with E-state index < -0.39 is 29.6 Å². The number of fused-ring (bicyclic) bond motifs is 3. The van der Waals surface area contributed by atoms with Crippen molar-refractivity contribution in [1.29, 1.82) is 0 Å². The molecule has 2 aromatic carbocycles. The van der Waals surface area contributed by atoms with E-state index in [-0.39, 0.29) is 25.6 Å². The molecule has 4 rings (SSSR count). The summed E-state index contributed by atoms with van der Waals surface area (Å²) in [5.41, 5.74) is 2.52. The molecule has 1 atom stereocenters. The molecule has 8 heteroatoms. The lowest BCUT2D eigenvalue weighted by atomic mass is 9.93. The van der Waals surface area contributed by atoms with Crippen LogP contribution in [0.25, 0.3) is 11.1 Å². The maximum absolute atomic E-state index is 12.7. The molecule has 0 saturated carbocycles. The number of ether oxygens (including phenoxy) is 1. The Labute approximate surface area is 185 Å². The summed E-state index contributed by atoms with van der Waals surface area (Å²) in [6.45, 7) is 1.42. The van der Waals surface area contributed by atoms with Crippen molar-refractivity contribution < 1.29 is 29.3 Å². The van der Waals surface area contributed by atoms with Gasteiger partial charge in [-0.25, -0.2) is 9.59 Å². The van der Waals surface area contributed by atoms with Gasteiger partial charge in [0, 0.05) is 5.92 Å². The van der Waals surface area contributed by atoms with Gasteiger partial charge in [0.2, 0.25) is 5.91 Å². The average Bonchev–Trinajstić information content (AvgIpc) is 3.08. The van der Waals surface area contributed by atoms with E-state index >= 15 is 0 Å². The lowest BCUT2D eigenvalue weighted by Crippen LogP contribution is -2.69. The molecule has 1 aliphatic heterocycles. The third-order valence-corrected chi connectivity index (χ3v) is 6.13. The van der Waals surface area contributed by atoms with Gasteiger partial charge in [0.1, 0.15) is 12.6 Å². The molecule has 0 radical (unpaired) electrons. The molecule has 3 N–H and O–H groups in total. The Kier molecular flexibility index (Phi) is 5.88. The highest BCUT2D eigenvalue weighted by Gasteiger charge is 2.51. The van der Waals surface area contributed by atoms with Crippen LogP contribution in [0.15, 0.2) is 48.5 Å². The van der Waals surface area contributed by atoms with Crippen LogP contribution in [-0.2, 0) is 14.3 Å². The van der Waals surface area contributed by atoms with E-state index in [0.29, 0.717) is 12.8 Å². The second-order valence-electron chi connectivity index (χ2n) is 8.34. The highest BCUT2D eigenvalue weighted by molar-refractivity contribution is 5.89. The van der Waals surface area contributed by atoms with Crippen molar-refractivity contribution in [3.8, 4) is 11.1 Å². The predicted molar refractivity (Wildman–Crippen MR) is 116 cm³/mol. The zero-order valence-corrected chi connectivity index (χ0v) is 17.8. The molecule has 0 unspecified atom stereocenters. The first-order chi connectivity index (χ1) is 15.3. The molecule has 32 heavy (non-hydrogen) atoms. The van der Waals surface area contributed by atoms with Crippen molar-refractivity contribution in [3.05, 3.63) is 59.7 Å². The highest BCUT2D eigenvalue weighted by Crippen LogP contribution is 2.44. The van der Waals surface area contributed by atoms with Crippen LogP contribution in [0.1, 0.15) is 36.8 Å². The van der Waals surface area contributed by atoms with Crippen molar-refractivity contribution in [3.63, 3.8) is 0 Å². The van der Waals surface area contributed by atoms with Crippen LogP contribution in [0.5, 0.6) is 0 Å². The van der Waals surface area contributed by atoms with E-state index in [9.17, 15) is 19.5 Å². The Balaban J connectivity index is 1.39. The number of β-amino-alcohol motifs (C(OH)–C–C–N with tert-alkyl or cyclic N) is 1. The first kappa shape index (κ1) is 21.8. The van der Waals surface area contributed by atoms with E-state index in [4.69, 9.17) is 9.84 Å². The number of aliphatic hydroxyl groups is 1. The summed E-state index contributed by atoms with van der Waals surface area (Å²) < 4.78 is 5.51. The van der Waals surface area contributed by atoms with Crippen LogP contribution in [0.3, 0.4) is 0 Å². The zero-order chi connectivity index (χ0) is 22.9. The SMILES string of the molecule is CCC[C@@H](NC(=O)OCC1c2ccccc2-c2ccccc21)C(=O)N1CC(O)(C(=O)O)C1. The lowest BCUT2D eigenvalue weighted by Gasteiger charge is -2.44. The minimum Gasteiger partial charge on any atom is -0.479 e. The molecule has 1 saturated heterocycles. The maximum Gasteiger partial charge on any atom is 0.407 e. The number of rotatable bonds is 7. The van der Waals surface area contributed by atoms with Crippen LogP contribution < -0.4 is 5.32 Å². The van der Waals surface area contributed by atoms with E-state index in [1.807, 2.05) is 43.3 Å². The molecule has 168 valence electrons. The van der Waals surface area contributed by atoms with Crippen molar-refractivity contribution in [2.45, 2.75) is 37.3 Å². The normalized spacial score (nSPS) is 17.0. The van der Waals surface area contributed by atoms with Crippen LogP contribution in [-0.4, -0.2) is 64.4 Å². The van der Waals surface area contributed by atoms with Gasteiger partial charge in [-0.1, -0.05) is 61.9 Å². The average molecular weight is 438 g/mol. The fourth-order valence-electron chi connectivity index (χ4n) is 4.43. The molecule has 2 amide bonds. The summed E-state index contributed by atoms with van der Waals surface area (Å²) in [4.78, 5) is 37.5. The van der Waals surface area contributed by atoms with E-state index in [0.717, 1.165) is 22.3 Å². The minimum absolute atomic E-state index is 0.0885. The zero-order valence-electron chi connectivity index (χ0n) is 17.8. The smallest absolute Gasteiger partial charge is 0.407 e. The number of carboxylic acid groups (broad SMARTS) is 1. The monoisotopic (exact) mass is 438 g/mol. The second-order valence-corrected chi connectivity index (χ2v) is 8.34. The van der Waals surface area contributed by atoms with E-state index in [1.165, 1.54) is 4.90 Å². The Morgan fingerprint density at radius 1 is 1.09 bits per heavy atom. The number of nitrogens with zero attached hydrogens (tertiary/aromatic N) is 1. The van der Waals surface area contributed by atoms with Gasteiger partial charge in [-0.15, -0.1) is 0 Å². The first-order valence-electron chi connectivity index (χ1n) is 10.7. The molecule has 0 bridgehead atoms. The number of nitrogens with one attached hydrogen (secondary N) is 1. The Morgan fingerprint density at radius 3 is 2.19 bits per heavy atom. The molecule has 2 aromatic rings. The molecule has 0 spiro atoms. The number of aliphatic carboxylic acids is 1. The standard InChI is InChI=1S/C24H26N2O6/c1-2-7-20(21(27)26-13-24(31,14-26)22(28)29)25-23(30)32-12-19-17-10-5-3-8-15(17)16-9-4-6-11-18(16)19/h3-6,8-11,19-20,31H,2,7,12-14H2,1H3,(H,25,30)(H,28,29)/t20-/m1/s1. The number of hydrogen-bond acceptors (Lipinski definition) is 5. The molecule has 1 aliphatic carbocycles. The predicted octanol–water partition coefficient (Wildman–Crippen LogP) is 2.35. The molecular weight excluding hydrogens is 412 g/mol. The number of likely N-dealkylation sites (tertiary alicyclic amines) is 1. The Morgan fingerprint density at radius 2 is 1.66 bits per heavy atom. The van der Waals surface area contributed by atoms with Gasteiger partial charge in [0.15, 0.2) is 5.60 Å². The largest absolute Gasteiger partial charge is 0.479 e. The van der Waals surface area contributed by atoms with E-state index in [2.05, 4.69) is 17.4 Å². The quantitative estimate of drug-likeness (QED) is 0.611. The number of carboxylic acids is 1. The number of amides is 2. The molecule has 1 fully saturated rings. The minimum atomic E-state index is -1.92. The van der Waals surface area contributed by atoms with E-state index in [1.54, 1.807) is 0 Å². The van der Waals surface area contributed by atoms with Crippen molar-refractivity contribution in [1.82, 2.24) is 10.2 Å². The van der Waals surface area contributed by atoms with Crippen molar-refractivity contribution >= 4 is 18.0 Å². The highest BCUT2D eigenvalue weighted by atomic mass is 16.5. The van der Waals surface area contributed by atoms with Crippen LogP contribution in [0, 0.1) is 0 Å². The van der Waals surface area contributed by atoms with Gasteiger partial charge in [0.25, 0.3) is 0 Å². The van der Waals surface area contributed by atoms with Crippen LogP contribution >= 0.6 is 0 Å². The third kappa shape index (κ3) is 3.93. The summed E-state index contributed by atoms with van der Waals surface area (Å²) in [6.07, 6.45) is 0.315. The fourth-order valence-corrected chi connectivity index (χ4v) is 4.43. The molecule has 2 aliphatic rings. The van der Waals surface area contributed by atoms with Crippen LogP contribution in [0.2, 0.25) is 0 Å². The number of alkyl carbamates (subject to hydrolysis) is 1. The summed E-state index contributed by atoms with van der Waals surface area (Å²) >= 11 is 0. The van der Waals surface area contributed by atoms with Gasteiger partial charge in [0.05, 0.1) is 13.1 Å². The molecular formula is C24H26N2O6. The lowest BCUT2D eigenvalue weighted by molar-refractivity contribution is -0.182. The topological polar surface area (TPSA) is 116 Å². The van der Waals surface area contributed by atoms with Gasteiger partial charge in [-0.2, -0.15) is 0 Å². The first-order valence-corrected chi connectivity index (χ1v) is 10.7. The van der Waals surface area contributed by atoms with Gasteiger partial charge in [-0.3, -0.25) is 4.79 Å². The van der Waals surface area contributed by atoms with Crippen LogP contribution in [0.4, 0.5) is 4.79 Å². The van der Waals surface area contributed by atoms with Crippen molar-refractivity contribution in [2.24, 2.45) is 0 Å². The fraction of sp³-hybridized carbons (Fsp3) is 0.375. The maximum atomic E-state index is 12.7. The molecule has 1 heterocycles. The summed E-state index contributed by atoms with van der Waals surface area (Å²) in [6, 6.07) is 15.2. The van der Waals surface area contributed by atoms with Gasteiger partial charge >= 0.3 is 12.1 Å². The number of hydrogen-bond donors (Lipinski definition) is 3. The third-order valence-electron chi connectivity index (χ3n) is 6.13. The Bertz CT molecular complexity index is 1000. The summed E-state index contributed by atoms with van der Waals surface area (Å²) in [5, 5.41) is 21.5. The Hall–Kier alpha value is -3.39. The number of carbonyl (C=O) groups excluding carboxylic acids is 2. The number of carbonyl (C=O) groups is 3. The van der Waals surface area contributed by atoms with Gasteiger partial charge < -0.3 is 25.2 Å². The second kappa shape index (κ2) is 8.63. The summed E-state index contributed by atoms with van der Waals surface area (Å²) in [5.74, 6) is -1.88. The number of benzene rings is 2. The molecule has 0 aromatic heterocycles. The summed E-state index contributed by atoms with van der Waals surface area (Å²) in [7, 11) is 0. The molecule has 8 nitrogen and oxygen atoms in total.